The number of hydrogen-bond acceptors (Lipinski definition) is 4. The van der Waals surface area contributed by atoms with Crippen molar-refractivity contribution in [3.05, 3.63) is 16.1 Å². The lowest BCUT2D eigenvalue weighted by molar-refractivity contribution is -0.143. The Morgan fingerprint density at radius 2 is 2.37 bits per heavy atom. The number of carboxylic acids is 1. The zero-order valence-corrected chi connectivity index (χ0v) is 11.6. The fourth-order valence-electron chi connectivity index (χ4n) is 2.19. The molecule has 2 heterocycles. The maximum atomic E-state index is 12.0. The van der Waals surface area contributed by atoms with Gasteiger partial charge in [-0.05, 0) is 26.2 Å². The van der Waals surface area contributed by atoms with Crippen molar-refractivity contribution in [1.82, 2.24) is 15.2 Å². The van der Waals surface area contributed by atoms with Crippen molar-refractivity contribution in [2.45, 2.75) is 38.8 Å². The molecule has 6 nitrogen and oxygen atoms in total. The van der Waals surface area contributed by atoms with E-state index in [0.29, 0.717) is 19.5 Å². The first-order valence-electron chi connectivity index (χ1n) is 6.26. The van der Waals surface area contributed by atoms with Gasteiger partial charge in [-0.1, -0.05) is 0 Å². The largest absolute Gasteiger partial charge is 0.480 e. The Morgan fingerprint density at radius 3 is 3.00 bits per heavy atom. The average Bonchev–Trinajstić information content (AvgIpc) is 2.81. The minimum Gasteiger partial charge on any atom is -0.480 e. The number of piperidine rings is 1. The van der Waals surface area contributed by atoms with E-state index >= 15 is 0 Å². The summed E-state index contributed by atoms with van der Waals surface area (Å²) in [5.74, 6) is -0.931. The summed E-state index contributed by atoms with van der Waals surface area (Å²) in [5.41, 5.74) is 0.805. The Balaban J connectivity index is 1.92. The van der Waals surface area contributed by atoms with Crippen LogP contribution in [0.3, 0.4) is 0 Å². The van der Waals surface area contributed by atoms with Gasteiger partial charge in [0.25, 0.3) is 0 Å². The average molecular weight is 283 g/mol. The molecule has 1 unspecified atom stereocenters. The van der Waals surface area contributed by atoms with E-state index < -0.39 is 12.0 Å². The highest BCUT2D eigenvalue weighted by atomic mass is 32.1. The summed E-state index contributed by atoms with van der Waals surface area (Å²) < 4.78 is 0. The van der Waals surface area contributed by atoms with Crippen LogP contribution in [0.15, 0.2) is 5.38 Å². The van der Waals surface area contributed by atoms with Gasteiger partial charge in [-0.2, -0.15) is 0 Å². The van der Waals surface area contributed by atoms with E-state index in [9.17, 15) is 9.59 Å². The molecule has 19 heavy (non-hydrogen) atoms. The fourth-order valence-corrected chi connectivity index (χ4v) is 2.80. The topological polar surface area (TPSA) is 82.5 Å². The van der Waals surface area contributed by atoms with Crippen molar-refractivity contribution in [1.29, 1.82) is 0 Å². The van der Waals surface area contributed by atoms with E-state index in [1.807, 2.05) is 12.3 Å². The SMILES string of the molecule is Cc1nc(CNC(=O)N2CCCCC2C(=O)O)cs1. The molecule has 2 amide bonds. The second-order valence-electron chi connectivity index (χ2n) is 4.56. The molecule has 1 saturated heterocycles. The van der Waals surface area contributed by atoms with Gasteiger partial charge < -0.3 is 15.3 Å². The molecular weight excluding hydrogens is 266 g/mol. The van der Waals surface area contributed by atoms with Crippen LogP contribution in [0.4, 0.5) is 4.79 Å². The number of carbonyl (C=O) groups is 2. The molecule has 0 bridgehead atoms. The van der Waals surface area contributed by atoms with E-state index in [2.05, 4.69) is 10.3 Å². The number of urea groups is 1. The van der Waals surface area contributed by atoms with Crippen molar-refractivity contribution in [2.24, 2.45) is 0 Å². The van der Waals surface area contributed by atoms with E-state index in [1.165, 1.54) is 16.2 Å². The molecule has 0 saturated carbocycles. The Morgan fingerprint density at radius 1 is 1.58 bits per heavy atom. The number of rotatable bonds is 3. The number of hydrogen-bond donors (Lipinski definition) is 2. The minimum absolute atomic E-state index is 0.322. The second-order valence-corrected chi connectivity index (χ2v) is 5.62. The van der Waals surface area contributed by atoms with E-state index in [-0.39, 0.29) is 6.03 Å². The first-order chi connectivity index (χ1) is 9.08. The third-order valence-corrected chi connectivity index (χ3v) is 3.96. The number of aromatic nitrogens is 1. The smallest absolute Gasteiger partial charge is 0.326 e. The highest BCUT2D eigenvalue weighted by Crippen LogP contribution is 2.17. The molecule has 2 rings (SSSR count). The molecule has 0 radical (unpaired) electrons. The summed E-state index contributed by atoms with van der Waals surface area (Å²) in [6.07, 6.45) is 2.23. The molecular formula is C12H17N3O3S. The first kappa shape index (κ1) is 13.8. The van der Waals surface area contributed by atoms with Gasteiger partial charge in [-0.15, -0.1) is 11.3 Å². The summed E-state index contributed by atoms with van der Waals surface area (Å²) in [6, 6.07) is -1.02. The molecule has 1 fully saturated rings. The summed E-state index contributed by atoms with van der Waals surface area (Å²) >= 11 is 1.53. The molecule has 104 valence electrons. The monoisotopic (exact) mass is 283 g/mol. The number of thiazole rings is 1. The summed E-state index contributed by atoms with van der Waals surface area (Å²) in [6.45, 7) is 2.74. The predicted octanol–water partition coefficient (Wildman–Crippen LogP) is 1.60. The number of amides is 2. The van der Waals surface area contributed by atoms with Crippen LogP contribution in [-0.4, -0.2) is 39.6 Å². The maximum Gasteiger partial charge on any atom is 0.326 e. The van der Waals surface area contributed by atoms with Crippen LogP contribution in [0, 0.1) is 6.92 Å². The molecule has 1 aliphatic heterocycles. The zero-order chi connectivity index (χ0) is 13.8. The summed E-state index contributed by atoms with van der Waals surface area (Å²) in [4.78, 5) is 28.8. The normalized spacial score (nSPS) is 19.2. The number of nitrogens with zero attached hydrogens (tertiary/aromatic N) is 2. The third kappa shape index (κ3) is 3.44. The fraction of sp³-hybridized carbons (Fsp3) is 0.583. The molecule has 7 heteroatoms. The van der Waals surface area contributed by atoms with Crippen LogP contribution in [0.5, 0.6) is 0 Å². The van der Waals surface area contributed by atoms with Gasteiger partial charge in [-0.3, -0.25) is 0 Å². The Bertz CT molecular complexity index is 475. The second kappa shape index (κ2) is 6.01. The predicted molar refractivity (Wildman–Crippen MR) is 71.1 cm³/mol. The number of carbonyl (C=O) groups excluding carboxylic acids is 1. The Hall–Kier alpha value is -1.63. The first-order valence-corrected chi connectivity index (χ1v) is 7.14. The molecule has 1 atom stereocenters. The summed E-state index contributed by atoms with van der Waals surface area (Å²) in [7, 11) is 0. The zero-order valence-electron chi connectivity index (χ0n) is 10.8. The maximum absolute atomic E-state index is 12.0. The van der Waals surface area contributed by atoms with Crippen molar-refractivity contribution in [3.8, 4) is 0 Å². The van der Waals surface area contributed by atoms with Crippen LogP contribution >= 0.6 is 11.3 Å². The molecule has 0 aliphatic carbocycles. The van der Waals surface area contributed by atoms with E-state index in [4.69, 9.17) is 5.11 Å². The lowest BCUT2D eigenvalue weighted by Crippen LogP contribution is -2.51. The van der Waals surface area contributed by atoms with Gasteiger partial charge >= 0.3 is 12.0 Å². The van der Waals surface area contributed by atoms with Crippen LogP contribution in [0.25, 0.3) is 0 Å². The quantitative estimate of drug-likeness (QED) is 0.882. The van der Waals surface area contributed by atoms with Crippen molar-refractivity contribution in [3.63, 3.8) is 0 Å². The van der Waals surface area contributed by atoms with Gasteiger partial charge in [0.15, 0.2) is 0 Å². The van der Waals surface area contributed by atoms with E-state index in [0.717, 1.165) is 23.5 Å². The number of nitrogens with one attached hydrogen (secondary N) is 1. The number of aliphatic carboxylic acids is 1. The third-order valence-electron chi connectivity index (χ3n) is 3.14. The molecule has 0 aromatic carbocycles. The number of carboxylic acid groups (broad SMARTS) is 1. The summed E-state index contributed by atoms with van der Waals surface area (Å²) in [5, 5.41) is 14.7. The van der Waals surface area contributed by atoms with Gasteiger partial charge in [0.1, 0.15) is 6.04 Å². The van der Waals surface area contributed by atoms with Gasteiger partial charge in [0.05, 0.1) is 17.2 Å². The van der Waals surface area contributed by atoms with Crippen LogP contribution in [0.2, 0.25) is 0 Å². The van der Waals surface area contributed by atoms with Gasteiger partial charge in [0, 0.05) is 11.9 Å². The molecule has 1 aromatic heterocycles. The standard InChI is InChI=1S/C12H17N3O3S/c1-8-14-9(7-19-8)6-13-12(18)15-5-3-2-4-10(15)11(16)17/h7,10H,2-6H2,1H3,(H,13,18)(H,16,17). The lowest BCUT2D eigenvalue weighted by Gasteiger charge is -2.32. The number of likely N-dealkylation sites (tertiary alicyclic amines) is 1. The van der Waals surface area contributed by atoms with Crippen LogP contribution in [0.1, 0.15) is 30.0 Å². The molecule has 0 spiro atoms. The Kier molecular flexibility index (Phi) is 4.36. The van der Waals surface area contributed by atoms with Crippen molar-refractivity contribution in [2.75, 3.05) is 6.54 Å². The number of aryl methyl sites for hydroxylation is 1. The van der Waals surface area contributed by atoms with Crippen molar-refractivity contribution < 1.29 is 14.7 Å². The lowest BCUT2D eigenvalue weighted by atomic mass is 10.0. The van der Waals surface area contributed by atoms with Crippen molar-refractivity contribution >= 4 is 23.3 Å². The van der Waals surface area contributed by atoms with E-state index in [1.54, 1.807) is 0 Å². The highest BCUT2D eigenvalue weighted by Gasteiger charge is 2.31. The molecule has 2 N–H and O–H groups in total. The molecule has 1 aliphatic rings. The van der Waals surface area contributed by atoms with Gasteiger partial charge in [-0.25, -0.2) is 14.6 Å². The van der Waals surface area contributed by atoms with Crippen LogP contribution < -0.4 is 5.32 Å². The van der Waals surface area contributed by atoms with Crippen LogP contribution in [-0.2, 0) is 11.3 Å². The van der Waals surface area contributed by atoms with Gasteiger partial charge in [0.2, 0.25) is 0 Å². The minimum atomic E-state index is -0.931. The molecule has 1 aromatic rings. The Labute approximate surface area is 115 Å². The highest BCUT2D eigenvalue weighted by molar-refractivity contribution is 7.09.